The van der Waals surface area contributed by atoms with Gasteiger partial charge in [0.05, 0.1) is 7.11 Å². The van der Waals surface area contributed by atoms with Crippen LogP contribution in [0.4, 0.5) is 4.39 Å². The summed E-state index contributed by atoms with van der Waals surface area (Å²) in [6.45, 7) is 1.72. The molecule has 0 unspecified atom stereocenters. The molecule has 0 spiro atoms. The monoisotopic (exact) mass is 401 g/mol. The van der Waals surface area contributed by atoms with Gasteiger partial charge in [-0.1, -0.05) is 60.7 Å². The molecular formula is C26H24FNO2. The van der Waals surface area contributed by atoms with Gasteiger partial charge in [-0.15, -0.1) is 0 Å². The van der Waals surface area contributed by atoms with E-state index in [4.69, 9.17) is 9.47 Å². The van der Waals surface area contributed by atoms with Crippen molar-refractivity contribution in [3.8, 4) is 11.5 Å². The van der Waals surface area contributed by atoms with Crippen LogP contribution in [0.15, 0.2) is 84.9 Å². The number of hydrogen-bond acceptors (Lipinski definition) is 3. The smallest absolute Gasteiger partial charge is 0.124 e. The number of hydrogen-bond donors (Lipinski definition) is 1. The van der Waals surface area contributed by atoms with Crippen molar-refractivity contribution >= 4 is 10.8 Å². The van der Waals surface area contributed by atoms with Crippen LogP contribution in [0.1, 0.15) is 16.7 Å². The van der Waals surface area contributed by atoms with Crippen LogP contribution in [0.25, 0.3) is 10.8 Å². The molecule has 0 aliphatic carbocycles. The fourth-order valence-electron chi connectivity index (χ4n) is 3.55. The van der Waals surface area contributed by atoms with E-state index in [-0.39, 0.29) is 5.82 Å². The van der Waals surface area contributed by atoms with Crippen molar-refractivity contribution in [3.63, 3.8) is 0 Å². The predicted octanol–water partition coefficient (Wildman–Crippen LogP) is 5.86. The van der Waals surface area contributed by atoms with Crippen LogP contribution in [-0.2, 0) is 19.7 Å². The first-order chi connectivity index (χ1) is 14.7. The van der Waals surface area contributed by atoms with Crippen molar-refractivity contribution in [2.75, 3.05) is 7.11 Å². The van der Waals surface area contributed by atoms with Gasteiger partial charge in [0.15, 0.2) is 0 Å². The second-order valence-electron chi connectivity index (χ2n) is 7.09. The fraction of sp³-hybridized carbons (Fsp3) is 0.154. The molecule has 0 aliphatic rings. The molecule has 4 rings (SSSR count). The second kappa shape index (κ2) is 9.42. The topological polar surface area (TPSA) is 30.5 Å². The summed E-state index contributed by atoms with van der Waals surface area (Å²) < 4.78 is 24.7. The first-order valence-electron chi connectivity index (χ1n) is 9.95. The van der Waals surface area contributed by atoms with Gasteiger partial charge in [0.25, 0.3) is 0 Å². The van der Waals surface area contributed by atoms with Crippen LogP contribution in [-0.4, -0.2) is 7.11 Å². The molecule has 4 heteroatoms. The van der Waals surface area contributed by atoms with E-state index < -0.39 is 0 Å². The molecule has 0 aromatic heterocycles. The van der Waals surface area contributed by atoms with Crippen molar-refractivity contribution in [1.29, 1.82) is 0 Å². The van der Waals surface area contributed by atoms with Crippen molar-refractivity contribution in [2.24, 2.45) is 0 Å². The van der Waals surface area contributed by atoms with Crippen molar-refractivity contribution in [1.82, 2.24) is 5.32 Å². The highest BCUT2D eigenvalue weighted by atomic mass is 19.1. The molecule has 4 aromatic rings. The molecule has 3 nitrogen and oxygen atoms in total. The molecule has 4 aromatic carbocycles. The minimum absolute atomic E-state index is 0.245. The summed E-state index contributed by atoms with van der Waals surface area (Å²) in [5.74, 6) is 1.45. The number of benzene rings is 4. The molecule has 0 amide bonds. The lowest BCUT2D eigenvalue weighted by molar-refractivity contribution is 0.302. The zero-order valence-electron chi connectivity index (χ0n) is 16.9. The predicted molar refractivity (Wildman–Crippen MR) is 118 cm³/mol. The highest BCUT2D eigenvalue weighted by Crippen LogP contribution is 2.29. The first-order valence-corrected chi connectivity index (χ1v) is 9.95. The van der Waals surface area contributed by atoms with E-state index in [2.05, 4.69) is 29.6 Å². The molecule has 0 radical (unpaired) electrons. The SMILES string of the molecule is COc1ccccc1CNCc1c(OCc2ccc(F)cc2)ccc2ccccc12. The van der Waals surface area contributed by atoms with Crippen LogP contribution in [0.2, 0.25) is 0 Å². The highest BCUT2D eigenvalue weighted by molar-refractivity contribution is 5.87. The van der Waals surface area contributed by atoms with E-state index >= 15 is 0 Å². The lowest BCUT2D eigenvalue weighted by Gasteiger charge is -2.16. The summed E-state index contributed by atoms with van der Waals surface area (Å²) in [6, 6.07) is 26.8. The maximum atomic E-state index is 13.2. The number of halogens is 1. The Hall–Kier alpha value is -3.37. The minimum atomic E-state index is -0.245. The van der Waals surface area contributed by atoms with Crippen molar-refractivity contribution in [2.45, 2.75) is 19.7 Å². The minimum Gasteiger partial charge on any atom is -0.496 e. The summed E-state index contributed by atoms with van der Waals surface area (Å²) in [7, 11) is 1.69. The molecule has 0 fully saturated rings. The van der Waals surface area contributed by atoms with Gasteiger partial charge in [0.2, 0.25) is 0 Å². The number of ether oxygens (including phenoxy) is 2. The normalized spacial score (nSPS) is 10.9. The highest BCUT2D eigenvalue weighted by Gasteiger charge is 2.10. The largest absolute Gasteiger partial charge is 0.496 e. The molecule has 0 saturated heterocycles. The van der Waals surface area contributed by atoms with Crippen LogP contribution in [0, 0.1) is 5.82 Å². The van der Waals surface area contributed by atoms with Crippen LogP contribution in [0.5, 0.6) is 11.5 Å². The second-order valence-corrected chi connectivity index (χ2v) is 7.09. The molecule has 152 valence electrons. The summed E-state index contributed by atoms with van der Waals surface area (Å²) >= 11 is 0. The van der Waals surface area contributed by atoms with Crippen LogP contribution in [0.3, 0.4) is 0 Å². The Morgan fingerprint density at radius 1 is 0.767 bits per heavy atom. The fourth-order valence-corrected chi connectivity index (χ4v) is 3.55. The van der Waals surface area contributed by atoms with Gasteiger partial charge in [-0.25, -0.2) is 4.39 Å². The Morgan fingerprint density at radius 3 is 2.37 bits per heavy atom. The van der Waals surface area contributed by atoms with Gasteiger partial charge in [-0.3, -0.25) is 0 Å². The Balaban J connectivity index is 1.54. The third-order valence-corrected chi connectivity index (χ3v) is 5.11. The number of para-hydroxylation sites is 1. The van der Waals surface area contributed by atoms with Gasteiger partial charge >= 0.3 is 0 Å². The van der Waals surface area contributed by atoms with E-state index in [1.54, 1.807) is 19.2 Å². The van der Waals surface area contributed by atoms with Gasteiger partial charge in [0, 0.05) is 24.2 Å². The van der Waals surface area contributed by atoms with Gasteiger partial charge in [0.1, 0.15) is 23.9 Å². The first kappa shape index (κ1) is 19.9. The molecule has 0 saturated carbocycles. The number of rotatable bonds is 8. The van der Waals surface area contributed by atoms with Gasteiger partial charge in [-0.05, 0) is 40.6 Å². The lowest BCUT2D eigenvalue weighted by atomic mass is 10.0. The third-order valence-electron chi connectivity index (χ3n) is 5.11. The molecule has 0 atom stereocenters. The van der Waals surface area contributed by atoms with E-state index in [0.29, 0.717) is 19.7 Å². The maximum Gasteiger partial charge on any atom is 0.124 e. The Morgan fingerprint density at radius 2 is 1.53 bits per heavy atom. The lowest BCUT2D eigenvalue weighted by Crippen LogP contribution is -2.14. The van der Waals surface area contributed by atoms with Crippen molar-refractivity contribution < 1.29 is 13.9 Å². The molecule has 0 heterocycles. The average Bonchev–Trinajstić information content (AvgIpc) is 2.79. The molecule has 0 aliphatic heterocycles. The number of methoxy groups -OCH3 is 1. The summed E-state index contributed by atoms with van der Waals surface area (Å²) in [4.78, 5) is 0. The van der Waals surface area contributed by atoms with Crippen LogP contribution >= 0.6 is 0 Å². The Labute approximate surface area is 176 Å². The van der Waals surface area contributed by atoms with Crippen molar-refractivity contribution in [3.05, 3.63) is 107 Å². The molecule has 0 bridgehead atoms. The third kappa shape index (κ3) is 4.61. The maximum absolute atomic E-state index is 13.2. The van der Waals surface area contributed by atoms with E-state index in [1.807, 2.05) is 36.4 Å². The zero-order chi connectivity index (χ0) is 20.8. The van der Waals surface area contributed by atoms with E-state index in [1.165, 1.54) is 17.5 Å². The summed E-state index contributed by atoms with van der Waals surface area (Å²) in [5, 5.41) is 5.84. The summed E-state index contributed by atoms with van der Waals surface area (Å²) in [5.41, 5.74) is 3.14. The quantitative estimate of drug-likeness (QED) is 0.401. The zero-order valence-corrected chi connectivity index (χ0v) is 16.9. The molecular weight excluding hydrogens is 377 g/mol. The standard InChI is InChI=1S/C26H24FNO2/c1-29-25-9-5-3-7-21(25)16-28-17-24-23-8-4-2-6-20(23)12-15-26(24)30-18-19-10-13-22(27)14-11-19/h2-15,28H,16-18H2,1H3. The van der Waals surface area contributed by atoms with Gasteiger partial charge in [-0.2, -0.15) is 0 Å². The Kier molecular flexibility index (Phi) is 6.26. The van der Waals surface area contributed by atoms with E-state index in [9.17, 15) is 4.39 Å². The Bertz CT molecular complexity index is 1130. The van der Waals surface area contributed by atoms with Crippen LogP contribution < -0.4 is 14.8 Å². The summed E-state index contributed by atoms with van der Waals surface area (Å²) in [6.07, 6.45) is 0. The van der Waals surface area contributed by atoms with E-state index in [0.717, 1.165) is 33.6 Å². The molecule has 30 heavy (non-hydrogen) atoms. The van der Waals surface area contributed by atoms with Gasteiger partial charge < -0.3 is 14.8 Å². The molecule has 1 N–H and O–H groups in total. The number of fused-ring (bicyclic) bond motifs is 1. The number of nitrogens with one attached hydrogen (secondary N) is 1. The average molecular weight is 401 g/mol.